The van der Waals surface area contributed by atoms with Gasteiger partial charge in [0.1, 0.15) is 29.5 Å². The van der Waals surface area contributed by atoms with Crippen molar-refractivity contribution < 1.29 is 31.6 Å². The first-order chi connectivity index (χ1) is 17.8. The van der Waals surface area contributed by atoms with Crippen molar-refractivity contribution in [2.75, 3.05) is 13.1 Å². The second kappa shape index (κ2) is 10.6. The van der Waals surface area contributed by atoms with E-state index in [0.717, 1.165) is 5.01 Å². The van der Waals surface area contributed by atoms with Crippen molar-refractivity contribution in [1.29, 1.82) is 0 Å². The van der Waals surface area contributed by atoms with Gasteiger partial charge in [0.2, 0.25) is 5.91 Å². The van der Waals surface area contributed by atoms with Crippen LogP contribution in [0.4, 0.5) is 22.0 Å². The molecule has 0 N–H and O–H groups in total. The fraction of sp³-hybridized carbons (Fsp3) is 0.417. The highest BCUT2D eigenvalue weighted by molar-refractivity contribution is 7.10. The highest BCUT2D eigenvalue weighted by Gasteiger charge is 2.30. The summed E-state index contributed by atoms with van der Waals surface area (Å²) < 4.78 is 66.3. The monoisotopic (exact) mass is 538 g/mol. The second-order valence-electron chi connectivity index (χ2n) is 8.77. The van der Waals surface area contributed by atoms with Crippen molar-refractivity contribution in [2.45, 2.75) is 50.7 Å². The number of benzene rings is 1. The summed E-state index contributed by atoms with van der Waals surface area (Å²) in [6, 6.07) is 7.89. The van der Waals surface area contributed by atoms with Gasteiger partial charge in [-0.25, -0.2) is 26.9 Å². The Balaban J connectivity index is 1.16. The lowest BCUT2D eigenvalue weighted by molar-refractivity contribution is -0.133. The number of oxime groups is 1. The van der Waals surface area contributed by atoms with Gasteiger partial charge in [-0.15, -0.1) is 11.3 Å². The standard InChI is InChI=1S/C24H21F5N5O2S/c25-15-3-1-2-14(8-15)20-10-16(32-36-20)18-12-37-24(30-18)13-4-6-33(7-5-13)21(35)11-34-19(23(28)29)9-17(31-34)22(26)27/h1-3,9,12-13,20,22-23H,4-7,10-11H2. The molecule has 1 radical (unpaired) electrons. The maximum atomic E-state index is 13.5. The van der Waals surface area contributed by atoms with E-state index in [-0.39, 0.29) is 5.92 Å². The molecule has 5 rings (SSSR count). The van der Waals surface area contributed by atoms with Crippen molar-refractivity contribution in [3.8, 4) is 0 Å². The van der Waals surface area contributed by atoms with E-state index >= 15 is 0 Å². The van der Waals surface area contributed by atoms with Crippen LogP contribution in [0.5, 0.6) is 0 Å². The molecule has 1 saturated heterocycles. The van der Waals surface area contributed by atoms with Crippen LogP contribution >= 0.6 is 11.3 Å². The Bertz CT molecular complexity index is 1300. The highest BCUT2D eigenvalue weighted by Crippen LogP contribution is 2.34. The molecule has 195 valence electrons. The zero-order valence-electron chi connectivity index (χ0n) is 19.3. The molecule has 1 amide bonds. The number of halogens is 5. The first-order valence-electron chi connectivity index (χ1n) is 11.6. The largest absolute Gasteiger partial charge is 0.387 e. The number of nitrogens with zero attached hydrogens (tertiary/aromatic N) is 5. The van der Waals surface area contributed by atoms with Crippen LogP contribution in [0.3, 0.4) is 0 Å². The van der Waals surface area contributed by atoms with Crippen LogP contribution < -0.4 is 0 Å². The average molecular weight is 539 g/mol. The summed E-state index contributed by atoms with van der Waals surface area (Å²) in [5, 5.41) is 10.4. The number of likely N-dealkylation sites (tertiary alicyclic amines) is 1. The van der Waals surface area contributed by atoms with Gasteiger partial charge in [-0.3, -0.25) is 9.48 Å². The van der Waals surface area contributed by atoms with Crippen LogP contribution in [0.25, 0.3) is 0 Å². The zero-order valence-corrected chi connectivity index (χ0v) is 20.1. The molecule has 1 aromatic carbocycles. The molecule has 1 fully saturated rings. The summed E-state index contributed by atoms with van der Waals surface area (Å²) in [5.74, 6) is -0.820. The molecule has 2 aliphatic heterocycles. The number of thiazole rings is 1. The van der Waals surface area contributed by atoms with Crippen molar-refractivity contribution in [3.05, 3.63) is 69.2 Å². The minimum atomic E-state index is -3.02. The van der Waals surface area contributed by atoms with E-state index in [0.29, 0.717) is 60.1 Å². The summed E-state index contributed by atoms with van der Waals surface area (Å²) in [6.07, 6.45) is -4.77. The summed E-state index contributed by atoms with van der Waals surface area (Å²) in [4.78, 5) is 24.4. The van der Waals surface area contributed by atoms with Gasteiger partial charge >= 0.3 is 0 Å². The maximum absolute atomic E-state index is 13.5. The smallest absolute Gasteiger partial charge is 0.282 e. The third-order valence-corrected chi connectivity index (χ3v) is 7.38. The van der Waals surface area contributed by atoms with E-state index in [9.17, 15) is 26.7 Å². The van der Waals surface area contributed by atoms with Crippen LogP contribution in [-0.2, 0) is 16.2 Å². The molecule has 7 nitrogen and oxygen atoms in total. The number of rotatable bonds is 7. The molecule has 4 heterocycles. The molecule has 0 aliphatic carbocycles. The van der Waals surface area contributed by atoms with Crippen LogP contribution in [0.2, 0.25) is 0 Å². The quantitative estimate of drug-likeness (QED) is 0.377. The summed E-state index contributed by atoms with van der Waals surface area (Å²) in [6.45, 7) is 0.238. The highest BCUT2D eigenvalue weighted by atomic mass is 32.1. The van der Waals surface area contributed by atoms with E-state index in [1.807, 2.05) is 5.38 Å². The Kier molecular flexibility index (Phi) is 7.22. The van der Waals surface area contributed by atoms with E-state index in [1.54, 1.807) is 12.1 Å². The molecular formula is C24H21F5N5O2S. The van der Waals surface area contributed by atoms with Gasteiger partial charge in [0.05, 0.1) is 10.7 Å². The topological polar surface area (TPSA) is 72.6 Å². The lowest BCUT2D eigenvalue weighted by Crippen LogP contribution is -2.40. The van der Waals surface area contributed by atoms with Gasteiger partial charge in [-0.05, 0) is 25.0 Å². The molecule has 0 spiro atoms. The number of aromatic nitrogens is 3. The van der Waals surface area contributed by atoms with E-state index in [1.165, 1.54) is 22.3 Å². The van der Waals surface area contributed by atoms with E-state index in [4.69, 9.17) is 9.82 Å². The predicted octanol–water partition coefficient (Wildman–Crippen LogP) is 5.43. The third kappa shape index (κ3) is 5.50. The second-order valence-corrected chi connectivity index (χ2v) is 9.66. The Labute approximate surface area is 212 Å². The van der Waals surface area contributed by atoms with E-state index in [2.05, 4.69) is 16.3 Å². The lowest BCUT2D eigenvalue weighted by Gasteiger charge is -2.31. The van der Waals surface area contributed by atoms with Gasteiger partial charge in [-0.2, -0.15) is 5.10 Å². The molecule has 13 heteroatoms. The molecule has 2 aliphatic rings. The van der Waals surface area contributed by atoms with Crippen molar-refractivity contribution in [1.82, 2.24) is 19.7 Å². The lowest BCUT2D eigenvalue weighted by atomic mass is 9.97. The zero-order chi connectivity index (χ0) is 26.1. The first-order valence-corrected chi connectivity index (χ1v) is 12.4. The molecule has 0 bridgehead atoms. The molecular weight excluding hydrogens is 517 g/mol. The average Bonchev–Trinajstić information content (AvgIpc) is 3.63. The normalized spacial score (nSPS) is 18.5. The minimum absolute atomic E-state index is 0.102. The number of hydrogen-bond donors (Lipinski definition) is 0. The van der Waals surface area contributed by atoms with Crippen molar-refractivity contribution in [3.63, 3.8) is 0 Å². The van der Waals surface area contributed by atoms with Crippen LogP contribution in [0.15, 0.2) is 34.8 Å². The molecule has 2 aromatic heterocycles. The Morgan fingerprint density at radius 2 is 1.97 bits per heavy atom. The molecule has 0 saturated carbocycles. The fourth-order valence-electron chi connectivity index (χ4n) is 4.41. The molecule has 37 heavy (non-hydrogen) atoms. The van der Waals surface area contributed by atoms with Crippen LogP contribution in [0.1, 0.15) is 71.8 Å². The maximum Gasteiger partial charge on any atom is 0.282 e. The van der Waals surface area contributed by atoms with Crippen LogP contribution in [-0.4, -0.2) is 44.4 Å². The number of carbonyl (C=O) groups is 1. The SMILES string of the molecule is O=C(Cn1nc(C(F)F)cc1C(F)F)N1CCC(c2nc(C3=NOC(c4[c]c(F)ccc4)C3)cs2)CC1. The van der Waals surface area contributed by atoms with Gasteiger partial charge in [0.15, 0.2) is 6.10 Å². The first kappa shape index (κ1) is 25.3. The summed E-state index contributed by atoms with van der Waals surface area (Å²) >= 11 is 1.48. The Morgan fingerprint density at radius 3 is 2.68 bits per heavy atom. The number of alkyl halides is 4. The Morgan fingerprint density at radius 1 is 1.19 bits per heavy atom. The number of amides is 1. The van der Waals surface area contributed by atoms with Crippen LogP contribution in [0, 0.1) is 11.9 Å². The molecule has 3 aromatic rings. The minimum Gasteiger partial charge on any atom is -0.387 e. The van der Waals surface area contributed by atoms with Crippen molar-refractivity contribution in [2.24, 2.45) is 5.16 Å². The number of hydrogen-bond acceptors (Lipinski definition) is 6. The fourth-order valence-corrected chi connectivity index (χ4v) is 5.41. The van der Waals surface area contributed by atoms with E-state index < -0.39 is 48.6 Å². The van der Waals surface area contributed by atoms with Gasteiger partial charge in [0, 0.05) is 42.4 Å². The number of carbonyl (C=O) groups excluding carboxylic acids is 1. The Hall–Kier alpha value is -3.35. The van der Waals surface area contributed by atoms with Gasteiger partial charge < -0.3 is 9.74 Å². The summed E-state index contributed by atoms with van der Waals surface area (Å²) in [7, 11) is 0. The predicted molar refractivity (Wildman–Crippen MR) is 123 cm³/mol. The molecule has 1 unspecified atom stereocenters. The third-order valence-electron chi connectivity index (χ3n) is 6.37. The van der Waals surface area contributed by atoms with Gasteiger partial charge in [-0.1, -0.05) is 17.3 Å². The molecule has 1 atom stereocenters. The summed E-state index contributed by atoms with van der Waals surface area (Å²) in [5.41, 5.74) is 0.442. The number of piperidine rings is 1. The van der Waals surface area contributed by atoms with Crippen molar-refractivity contribution >= 4 is 23.0 Å². The van der Waals surface area contributed by atoms with Gasteiger partial charge in [0.25, 0.3) is 12.9 Å².